The first-order chi connectivity index (χ1) is 7.27. The third kappa shape index (κ3) is 1.64. The van der Waals surface area contributed by atoms with Gasteiger partial charge in [-0.2, -0.15) is 8.42 Å². The van der Waals surface area contributed by atoms with E-state index in [1.54, 1.807) is 0 Å². The first kappa shape index (κ1) is 12.2. The van der Waals surface area contributed by atoms with Crippen LogP contribution in [-0.2, 0) is 14.0 Å². The zero-order valence-electron chi connectivity index (χ0n) is 9.44. The summed E-state index contributed by atoms with van der Waals surface area (Å²) in [5.74, 6) is 0.288. The Bertz CT molecular complexity index is 422. The van der Waals surface area contributed by atoms with E-state index in [2.05, 4.69) is 6.92 Å². The van der Waals surface area contributed by atoms with Gasteiger partial charge in [-0.25, -0.2) is 4.31 Å². The molecule has 0 radical (unpaired) electrons. The zero-order valence-corrected chi connectivity index (χ0v) is 11.0. The van der Waals surface area contributed by atoms with Gasteiger partial charge in [0.25, 0.3) is 0 Å². The maximum absolute atomic E-state index is 11.5. The molecule has 3 atom stereocenters. The highest BCUT2D eigenvalue weighted by Crippen LogP contribution is 2.51. The fourth-order valence-electron chi connectivity index (χ4n) is 3.14. The molecule has 92 valence electrons. The third-order valence-electron chi connectivity index (χ3n) is 4.02. The van der Waals surface area contributed by atoms with Crippen LogP contribution in [0.15, 0.2) is 0 Å². The van der Waals surface area contributed by atoms with Gasteiger partial charge < -0.3 is 0 Å². The van der Waals surface area contributed by atoms with Gasteiger partial charge in [-0.15, -0.1) is 0 Å². The standard InChI is InChI=1S/C10H16ClNO3S/c1-7-3-4-8(2)10(5-7)6-9(13)12(10)16(11,14)15/h7-8H,3-6H2,1-2H3. The first-order valence-corrected chi connectivity index (χ1v) is 7.82. The van der Waals surface area contributed by atoms with Gasteiger partial charge in [0, 0.05) is 10.7 Å². The molecule has 2 rings (SSSR count). The normalized spacial score (nSPS) is 39.9. The largest absolute Gasteiger partial charge is 0.324 e. The number of carbonyl (C=O) groups excluding carboxylic acids is 1. The second kappa shape index (κ2) is 3.60. The quantitative estimate of drug-likeness (QED) is 0.537. The molecule has 2 aliphatic rings. The van der Waals surface area contributed by atoms with Gasteiger partial charge in [-0.1, -0.05) is 20.3 Å². The Balaban J connectivity index is 2.35. The monoisotopic (exact) mass is 265 g/mol. The van der Waals surface area contributed by atoms with Gasteiger partial charge in [0.15, 0.2) is 0 Å². The van der Waals surface area contributed by atoms with Crippen molar-refractivity contribution < 1.29 is 13.2 Å². The Morgan fingerprint density at radius 1 is 1.38 bits per heavy atom. The summed E-state index contributed by atoms with van der Waals surface area (Å²) in [6.45, 7) is 4.10. The molecule has 1 saturated carbocycles. The van der Waals surface area contributed by atoms with Crippen LogP contribution in [0.4, 0.5) is 0 Å². The highest BCUT2D eigenvalue weighted by atomic mass is 35.7. The van der Waals surface area contributed by atoms with E-state index in [0.717, 1.165) is 23.6 Å². The lowest BCUT2D eigenvalue weighted by Crippen LogP contribution is -2.68. The summed E-state index contributed by atoms with van der Waals surface area (Å²) >= 11 is 0. The number of amides is 1. The van der Waals surface area contributed by atoms with Crippen LogP contribution in [0.1, 0.15) is 39.5 Å². The molecule has 1 aliphatic heterocycles. The van der Waals surface area contributed by atoms with Crippen molar-refractivity contribution in [2.24, 2.45) is 11.8 Å². The summed E-state index contributed by atoms with van der Waals surface area (Å²) in [6.07, 6.45) is 3.11. The minimum absolute atomic E-state index is 0.204. The van der Waals surface area contributed by atoms with E-state index in [1.165, 1.54) is 0 Å². The molecule has 1 amide bonds. The van der Waals surface area contributed by atoms with Crippen molar-refractivity contribution in [1.29, 1.82) is 0 Å². The number of β-lactam (4-membered cyclic amide) rings is 1. The van der Waals surface area contributed by atoms with Crippen molar-refractivity contribution in [3.8, 4) is 0 Å². The van der Waals surface area contributed by atoms with Crippen LogP contribution < -0.4 is 0 Å². The summed E-state index contributed by atoms with van der Waals surface area (Å²) in [5.41, 5.74) is -0.532. The van der Waals surface area contributed by atoms with E-state index in [9.17, 15) is 13.2 Å². The van der Waals surface area contributed by atoms with E-state index in [4.69, 9.17) is 10.7 Å². The van der Waals surface area contributed by atoms with Gasteiger partial charge in [-0.05, 0) is 24.7 Å². The molecule has 1 aliphatic carbocycles. The Morgan fingerprint density at radius 3 is 2.50 bits per heavy atom. The number of hydrogen-bond acceptors (Lipinski definition) is 3. The lowest BCUT2D eigenvalue weighted by atomic mass is 9.64. The molecular formula is C10H16ClNO3S. The van der Waals surface area contributed by atoms with E-state index in [0.29, 0.717) is 12.3 Å². The maximum atomic E-state index is 11.5. The van der Waals surface area contributed by atoms with E-state index >= 15 is 0 Å². The average molecular weight is 266 g/mol. The molecule has 2 fully saturated rings. The van der Waals surface area contributed by atoms with Gasteiger partial charge in [0.05, 0.1) is 12.0 Å². The number of hydrogen-bond donors (Lipinski definition) is 0. The summed E-state index contributed by atoms with van der Waals surface area (Å²) in [7, 11) is 1.42. The van der Waals surface area contributed by atoms with Crippen LogP contribution in [0, 0.1) is 11.8 Å². The average Bonchev–Trinajstić information content (AvgIpc) is 2.07. The van der Waals surface area contributed by atoms with Gasteiger partial charge in [-0.3, -0.25) is 4.79 Å². The fourth-order valence-corrected chi connectivity index (χ4v) is 4.85. The number of halogens is 1. The van der Waals surface area contributed by atoms with Crippen molar-refractivity contribution in [2.75, 3.05) is 0 Å². The van der Waals surface area contributed by atoms with Crippen LogP contribution in [0.25, 0.3) is 0 Å². The van der Waals surface area contributed by atoms with Gasteiger partial charge in [0.2, 0.25) is 5.91 Å². The van der Waals surface area contributed by atoms with Crippen molar-refractivity contribution in [1.82, 2.24) is 4.31 Å². The Morgan fingerprint density at radius 2 is 2.00 bits per heavy atom. The van der Waals surface area contributed by atoms with E-state index in [-0.39, 0.29) is 11.8 Å². The molecule has 0 aromatic heterocycles. The van der Waals surface area contributed by atoms with Crippen LogP contribution in [0.5, 0.6) is 0 Å². The lowest BCUT2D eigenvalue weighted by molar-refractivity contribution is -0.153. The molecule has 0 bridgehead atoms. The van der Waals surface area contributed by atoms with Gasteiger partial charge >= 0.3 is 9.24 Å². The Hall–Kier alpha value is -0.290. The highest BCUT2D eigenvalue weighted by Gasteiger charge is 2.60. The summed E-state index contributed by atoms with van der Waals surface area (Å²) < 4.78 is 23.8. The second-order valence-electron chi connectivity index (χ2n) is 5.17. The minimum atomic E-state index is -3.92. The molecule has 4 nitrogen and oxygen atoms in total. The molecule has 3 unspecified atom stereocenters. The van der Waals surface area contributed by atoms with Crippen LogP contribution in [-0.4, -0.2) is 24.2 Å². The van der Waals surface area contributed by atoms with Crippen LogP contribution >= 0.6 is 10.7 Å². The van der Waals surface area contributed by atoms with Crippen molar-refractivity contribution in [3.63, 3.8) is 0 Å². The molecule has 0 aromatic carbocycles. The number of nitrogens with zero attached hydrogens (tertiary/aromatic N) is 1. The van der Waals surface area contributed by atoms with Crippen molar-refractivity contribution >= 4 is 25.8 Å². The Labute approximate surface area is 101 Å². The second-order valence-corrected chi connectivity index (χ2v) is 7.53. The summed E-state index contributed by atoms with van der Waals surface area (Å²) in [6, 6.07) is 0. The highest BCUT2D eigenvalue weighted by molar-refractivity contribution is 8.12. The molecule has 6 heteroatoms. The molecule has 0 aromatic rings. The van der Waals surface area contributed by atoms with Crippen molar-refractivity contribution in [2.45, 2.75) is 45.1 Å². The Kier molecular flexibility index (Phi) is 2.74. The van der Waals surface area contributed by atoms with E-state index < -0.39 is 14.8 Å². The fraction of sp³-hybridized carbons (Fsp3) is 0.900. The first-order valence-electron chi connectivity index (χ1n) is 5.55. The molecule has 16 heavy (non-hydrogen) atoms. The topological polar surface area (TPSA) is 54.5 Å². The summed E-state index contributed by atoms with van der Waals surface area (Å²) in [5, 5.41) is 0. The van der Waals surface area contributed by atoms with Crippen LogP contribution in [0.3, 0.4) is 0 Å². The van der Waals surface area contributed by atoms with E-state index in [1.807, 2.05) is 6.92 Å². The number of carbonyl (C=O) groups is 1. The lowest BCUT2D eigenvalue weighted by Gasteiger charge is -2.56. The molecule has 1 spiro atoms. The zero-order chi connectivity index (χ0) is 12.1. The predicted molar refractivity (Wildman–Crippen MR) is 61.1 cm³/mol. The smallest absolute Gasteiger partial charge is 0.274 e. The van der Waals surface area contributed by atoms with Crippen LogP contribution in [0.2, 0.25) is 0 Å². The minimum Gasteiger partial charge on any atom is -0.274 e. The van der Waals surface area contributed by atoms with Gasteiger partial charge in [0.1, 0.15) is 0 Å². The van der Waals surface area contributed by atoms with Crippen molar-refractivity contribution in [3.05, 3.63) is 0 Å². The third-order valence-corrected chi connectivity index (χ3v) is 5.44. The summed E-state index contributed by atoms with van der Waals surface area (Å²) in [4.78, 5) is 11.5. The molecular weight excluding hydrogens is 250 g/mol. The maximum Gasteiger partial charge on any atom is 0.324 e. The molecule has 0 N–H and O–H groups in total. The molecule has 1 heterocycles. The SMILES string of the molecule is CC1CCC(C)C2(CC(=O)N2S(=O)(=O)Cl)C1. The molecule has 1 saturated heterocycles. The predicted octanol–water partition coefficient (Wildman–Crippen LogP) is 1.90. The number of rotatable bonds is 1.